The summed E-state index contributed by atoms with van der Waals surface area (Å²) in [5.41, 5.74) is 0. The first-order chi connectivity index (χ1) is 7.75. The van der Waals surface area contributed by atoms with Gasteiger partial charge in [0.15, 0.2) is 0 Å². The Hall–Kier alpha value is -0.670. The third-order valence-corrected chi connectivity index (χ3v) is 4.11. The Kier molecular flexibility index (Phi) is 4.13. The van der Waals surface area contributed by atoms with Crippen LogP contribution in [0.5, 0.6) is 0 Å². The maximum absolute atomic E-state index is 11.7. The molecule has 0 bridgehead atoms. The van der Waals surface area contributed by atoms with Crippen LogP contribution in [0.3, 0.4) is 0 Å². The standard InChI is InChI=1S/C12H14ClNOS/c13-9-4-6-10(7-5-9)16-11-3-1-2-8-14-12(11)15/h4-7,11H,1-3,8H2,(H,14,15). The maximum atomic E-state index is 11.7. The predicted molar refractivity (Wildman–Crippen MR) is 68.0 cm³/mol. The van der Waals surface area contributed by atoms with E-state index in [9.17, 15) is 4.79 Å². The molecule has 1 amide bonds. The third kappa shape index (κ3) is 3.16. The molecule has 0 aromatic heterocycles. The molecule has 16 heavy (non-hydrogen) atoms. The number of carbonyl (C=O) groups is 1. The van der Waals surface area contributed by atoms with Crippen LogP contribution in [0.1, 0.15) is 19.3 Å². The zero-order valence-corrected chi connectivity index (χ0v) is 10.5. The molecule has 1 aliphatic heterocycles. The highest BCUT2D eigenvalue weighted by Gasteiger charge is 2.21. The Bertz CT molecular complexity index is 366. The molecule has 1 aromatic carbocycles. The molecule has 1 heterocycles. The first-order valence-corrected chi connectivity index (χ1v) is 6.71. The number of rotatable bonds is 2. The molecule has 1 aliphatic rings. The van der Waals surface area contributed by atoms with Crippen molar-refractivity contribution in [1.29, 1.82) is 0 Å². The molecule has 2 rings (SSSR count). The second-order valence-corrected chi connectivity index (χ2v) is 5.56. The van der Waals surface area contributed by atoms with Gasteiger partial charge in [0.2, 0.25) is 5.91 Å². The molecule has 2 nitrogen and oxygen atoms in total. The van der Waals surface area contributed by atoms with Crippen LogP contribution in [0.15, 0.2) is 29.2 Å². The van der Waals surface area contributed by atoms with E-state index in [2.05, 4.69) is 5.32 Å². The van der Waals surface area contributed by atoms with Crippen LogP contribution in [-0.2, 0) is 4.79 Å². The number of carbonyl (C=O) groups excluding carboxylic acids is 1. The van der Waals surface area contributed by atoms with Gasteiger partial charge in [-0.05, 0) is 37.1 Å². The summed E-state index contributed by atoms with van der Waals surface area (Å²) in [5.74, 6) is 0.164. The van der Waals surface area contributed by atoms with Gasteiger partial charge in [-0.3, -0.25) is 4.79 Å². The first kappa shape index (κ1) is 11.8. The van der Waals surface area contributed by atoms with Crippen molar-refractivity contribution in [3.8, 4) is 0 Å². The quantitative estimate of drug-likeness (QED) is 0.880. The van der Waals surface area contributed by atoms with Crippen molar-refractivity contribution in [3.05, 3.63) is 29.3 Å². The molecule has 0 spiro atoms. The molecular weight excluding hydrogens is 242 g/mol. The zero-order chi connectivity index (χ0) is 11.4. The molecule has 1 fully saturated rings. The van der Waals surface area contributed by atoms with Gasteiger partial charge in [0.1, 0.15) is 0 Å². The number of halogens is 1. The average molecular weight is 256 g/mol. The third-order valence-electron chi connectivity index (χ3n) is 2.58. The lowest BCUT2D eigenvalue weighted by Gasteiger charge is -2.12. The van der Waals surface area contributed by atoms with Crippen LogP contribution >= 0.6 is 23.4 Å². The molecule has 1 unspecified atom stereocenters. The van der Waals surface area contributed by atoms with Crippen LogP contribution in [0.25, 0.3) is 0 Å². The van der Waals surface area contributed by atoms with Crippen molar-refractivity contribution >= 4 is 29.3 Å². The minimum Gasteiger partial charge on any atom is -0.355 e. The van der Waals surface area contributed by atoms with Gasteiger partial charge in [-0.1, -0.05) is 18.0 Å². The van der Waals surface area contributed by atoms with Crippen molar-refractivity contribution in [2.24, 2.45) is 0 Å². The fourth-order valence-corrected chi connectivity index (χ4v) is 2.92. The fourth-order valence-electron chi connectivity index (χ4n) is 1.70. The van der Waals surface area contributed by atoms with E-state index in [0.717, 1.165) is 35.7 Å². The largest absolute Gasteiger partial charge is 0.355 e. The van der Waals surface area contributed by atoms with Crippen molar-refractivity contribution in [1.82, 2.24) is 5.32 Å². The second-order valence-electron chi connectivity index (χ2n) is 3.85. The highest BCUT2D eigenvalue weighted by atomic mass is 35.5. The highest BCUT2D eigenvalue weighted by molar-refractivity contribution is 8.00. The highest BCUT2D eigenvalue weighted by Crippen LogP contribution is 2.28. The van der Waals surface area contributed by atoms with E-state index in [1.165, 1.54) is 0 Å². The van der Waals surface area contributed by atoms with Crippen LogP contribution < -0.4 is 5.32 Å². The molecular formula is C12H14ClNOS. The summed E-state index contributed by atoms with van der Waals surface area (Å²) in [4.78, 5) is 12.8. The molecule has 0 radical (unpaired) electrons. The summed E-state index contributed by atoms with van der Waals surface area (Å²) < 4.78 is 0. The van der Waals surface area contributed by atoms with Gasteiger partial charge in [0.25, 0.3) is 0 Å². The Labute approximate surface area is 105 Å². The molecule has 86 valence electrons. The first-order valence-electron chi connectivity index (χ1n) is 5.45. The maximum Gasteiger partial charge on any atom is 0.233 e. The second kappa shape index (κ2) is 5.60. The van der Waals surface area contributed by atoms with E-state index in [4.69, 9.17) is 11.6 Å². The number of benzene rings is 1. The van der Waals surface area contributed by atoms with Crippen LogP contribution in [0, 0.1) is 0 Å². The van der Waals surface area contributed by atoms with E-state index in [0.29, 0.717) is 0 Å². The smallest absolute Gasteiger partial charge is 0.233 e. The number of hydrogen-bond acceptors (Lipinski definition) is 2. The Morgan fingerprint density at radius 1 is 1.25 bits per heavy atom. The summed E-state index contributed by atoms with van der Waals surface area (Å²) in [7, 11) is 0. The van der Waals surface area contributed by atoms with Gasteiger partial charge >= 0.3 is 0 Å². The molecule has 0 saturated carbocycles. The van der Waals surface area contributed by atoms with Crippen molar-refractivity contribution < 1.29 is 4.79 Å². The lowest BCUT2D eigenvalue weighted by molar-refractivity contribution is -0.120. The number of thioether (sulfide) groups is 1. The van der Waals surface area contributed by atoms with Gasteiger partial charge in [0.05, 0.1) is 5.25 Å². The lowest BCUT2D eigenvalue weighted by Crippen LogP contribution is -2.30. The zero-order valence-electron chi connectivity index (χ0n) is 8.91. The topological polar surface area (TPSA) is 29.1 Å². The van der Waals surface area contributed by atoms with Crippen LogP contribution in [-0.4, -0.2) is 17.7 Å². The molecule has 0 aliphatic carbocycles. The van der Waals surface area contributed by atoms with E-state index >= 15 is 0 Å². The van der Waals surface area contributed by atoms with E-state index in [1.807, 2.05) is 24.3 Å². The minimum atomic E-state index is 0.0451. The minimum absolute atomic E-state index is 0.0451. The van der Waals surface area contributed by atoms with Crippen molar-refractivity contribution in [2.45, 2.75) is 29.4 Å². The predicted octanol–water partition coefficient (Wildman–Crippen LogP) is 3.10. The molecule has 1 atom stereocenters. The Morgan fingerprint density at radius 2 is 2.00 bits per heavy atom. The summed E-state index contributed by atoms with van der Waals surface area (Å²) in [6.45, 7) is 0.816. The fraction of sp³-hybridized carbons (Fsp3) is 0.417. The summed E-state index contributed by atoms with van der Waals surface area (Å²) in [5, 5.41) is 3.72. The van der Waals surface area contributed by atoms with Gasteiger partial charge in [0, 0.05) is 16.5 Å². The monoisotopic (exact) mass is 255 g/mol. The van der Waals surface area contributed by atoms with Gasteiger partial charge in [-0.15, -0.1) is 11.8 Å². The Balaban J connectivity index is 2.02. The van der Waals surface area contributed by atoms with Crippen molar-refractivity contribution in [2.75, 3.05) is 6.54 Å². The number of amides is 1. The lowest BCUT2D eigenvalue weighted by atomic mass is 10.2. The van der Waals surface area contributed by atoms with Crippen LogP contribution in [0.2, 0.25) is 5.02 Å². The van der Waals surface area contributed by atoms with Gasteiger partial charge < -0.3 is 5.32 Å². The average Bonchev–Trinajstić information content (AvgIpc) is 2.48. The van der Waals surface area contributed by atoms with Gasteiger partial charge in [-0.2, -0.15) is 0 Å². The Morgan fingerprint density at radius 3 is 2.75 bits per heavy atom. The van der Waals surface area contributed by atoms with Crippen molar-refractivity contribution in [3.63, 3.8) is 0 Å². The normalized spacial score (nSPS) is 21.3. The van der Waals surface area contributed by atoms with E-state index < -0.39 is 0 Å². The molecule has 1 aromatic rings. The molecule has 4 heteroatoms. The summed E-state index contributed by atoms with van der Waals surface area (Å²) >= 11 is 7.44. The van der Waals surface area contributed by atoms with E-state index in [-0.39, 0.29) is 11.2 Å². The number of hydrogen-bond donors (Lipinski definition) is 1. The molecule has 1 saturated heterocycles. The summed E-state index contributed by atoms with van der Waals surface area (Å²) in [6, 6.07) is 7.65. The molecule has 1 N–H and O–H groups in total. The summed E-state index contributed by atoms with van der Waals surface area (Å²) in [6.07, 6.45) is 3.16. The van der Waals surface area contributed by atoms with Gasteiger partial charge in [-0.25, -0.2) is 0 Å². The SMILES string of the molecule is O=C1NCCCCC1Sc1ccc(Cl)cc1. The van der Waals surface area contributed by atoms with E-state index in [1.54, 1.807) is 11.8 Å². The number of nitrogens with one attached hydrogen (secondary N) is 1. The van der Waals surface area contributed by atoms with Crippen LogP contribution in [0.4, 0.5) is 0 Å².